The molecule has 0 bridgehead atoms. The van der Waals surface area contributed by atoms with Crippen molar-refractivity contribution in [3.63, 3.8) is 0 Å². The molecular weight excluding hydrogens is 258 g/mol. The molecule has 7 heteroatoms. The van der Waals surface area contributed by atoms with Gasteiger partial charge in [-0.1, -0.05) is 0 Å². The molecule has 1 atom stereocenters. The number of furan rings is 1. The van der Waals surface area contributed by atoms with Crippen LogP contribution in [0.1, 0.15) is 23.2 Å². The Morgan fingerprint density at radius 3 is 2.83 bits per heavy atom. The van der Waals surface area contributed by atoms with Crippen molar-refractivity contribution in [3.05, 3.63) is 23.7 Å². The first-order valence-electron chi connectivity index (χ1n) is 5.64. The summed E-state index contributed by atoms with van der Waals surface area (Å²) in [7, 11) is -2.93. The van der Waals surface area contributed by atoms with Gasteiger partial charge >= 0.3 is 5.97 Å². The molecule has 1 aromatic heterocycles. The van der Waals surface area contributed by atoms with Crippen molar-refractivity contribution in [2.75, 3.05) is 18.1 Å². The maximum Gasteiger partial charge on any atom is 0.371 e. The van der Waals surface area contributed by atoms with Crippen molar-refractivity contribution in [2.45, 2.75) is 19.5 Å². The molecule has 1 N–H and O–H groups in total. The molecular formula is C11H15NO5S. The normalized spacial score (nSPS) is 23.9. The fourth-order valence-corrected chi connectivity index (χ4v) is 3.67. The van der Waals surface area contributed by atoms with E-state index in [1.54, 1.807) is 6.07 Å². The number of carbonyl (C=O) groups is 1. The van der Waals surface area contributed by atoms with E-state index < -0.39 is 15.8 Å². The summed E-state index contributed by atoms with van der Waals surface area (Å²) in [5.41, 5.74) is 0. The summed E-state index contributed by atoms with van der Waals surface area (Å²) in [6.45, 7) is 2.73. The summed E-state index contributed by atoms with van der Waals surface area (Å²) < 4.78 is 28.0. The van der Waals surface area contributed by atoms with Gasteiger partial charge in [0.1, 0.15) is 5.76 Å². The Balaban J connectivity index is 2.03. The van der Waals surface area contributed by atoms with E-state index in [1.807, 2.05) is 11.8 Å². The Hall–Kier alpha value is -1.34. The molecule has 0 aromatic carbocycles. The molecule has 1 aromatic rings. The first kappa shape index (κ1) is 13.1. The predicted octanol–water partition coefficient (Wildman–Crippen LogP) is 0.597. The summed E-state index contributed by atoms with van der Waals surface area (Å²) in [5, 5.41) is 8.74. The molecule has 0 aliphatic carbocycles. The number of hydrogen-bond donors (Lipinski definition) is 1. The number of hydrogen-bond acceptors (Lipinski definition) is 5. The smallest absolute Gasteiger partial charge is 0.371 e. The number of carboxylic acids is 1. The zero-order valence-electron chi connectivity index (χ0n) is 10.00. The zero-order chi connectivity index (χ0) is 13.3. The highest BCUT2D eigenvalue weighted by Gasteiger charge is 2.28. The molecule has 0 saturated carbocycles. The third kappa shape index (κ3) is 2.91. The molecule has 0 radical (unpaired) electrons. The molecule has 1 fully saturated rings. The van der Waals surface area contributed by atoms with Gasteiger partial charge in [0.05, 0.1) is 18.1 Å². The predicted molar refractivity (Wildman–Crippen MR) is 64.2 cm³/mol. The Bertz CT molecular complexity index is 548. The summed E-state index contributed by atoms with van der Waals surface area (Å²) in [4.78, 5) is 12.6. The lowest BCUT2D eigenvalue weighted by Gasteiger charge is -2.32. The second kappa shape index (κ2) is 4.74. The summed E-state index contributed by atoms with van der Waals surface area (Å²) in [6, 6.07) is 2.93. The van der Waals surface area contributed by atoms with Gasteiger partial charge in [-0.3, -0.25) is 4.90 Å². The topological polar surface area (TPSA) is 87.8 Å². The lowest BCUT2D eigenvalue weighted by molar-refractivity contribution is 0.0657. The van der Waals surface area contributed by atoms with Crippen LogP contribution >= 0.6 is 0 Å². The van der Waals surface area contributed by atoms with Crippen LogP contribution < -0.4 is 0 Å². The molecule has 2 rings (SSSR count). The molecule has 1 unspecified atom stereocenters. The summed E-state index contributed by atoms with van der Waals surface area (Å²) >= 11 is 0. The summed E-state index contributed by atoms with van der Waals surface area (Å²) in [6.07, 6.45) is 0. The van der Waals surface area contributed by atoms with E-state index in [0.717, 1.165) is 0 Å². The van der Waals surface area contributed by atoms with Gasteiger partial charge < -0.3 is 9.52 Å². The highest BCUT2D eigenvalue weighted by atomic mass is 32.2. The van der Waals surface area contributed by atoms with Crippen LogP contribution in [0.5, 0.6) is 0 Å². The molecule has 1 saturated heterocycles. The summed E-state index contributed by atoms with van der Waals surface area (Å²) in [5.74, 6) is -0.375. The SMILES string of the molecule is CC1CS(=O)(=O)CCN1Cc1ccc(C(=O)O)o1. The average Bonchev–Trinajstić information content (AvgIpc) is 2.70. The lowest BCUT2D eigenvalue weighted by Crippen LogP contribution is -2.46. The van der Waals surface area contributed by atoms with Crippen LogP contribution in [-0.4, -0.2) is 48.5 Å². The van der Waals surface area contributed by atoms with Crippen LogP contribution in [0.4, 0.5) is 0 Å². The van der Waals surface area contributed by atoms with E-state index >= 15 is 0 Å². The van der Waals surface area contributed by atoms with Crippen LogP contribution in [0.15, 0.2) is 16.5 Å². The van der Waals surface area contributed by atoms with Gasteiger partial charge in [-0.05, 0) is 19.1 Å². The van der Waals surface area contributed by atoms with Crippen LogP contribution in [0.25, 0.3) is 0 Å². The van der Waals surface area contributed by atoms with Gasteiger partial charge in [0, 0.05) is 12.6 Å². The Labute approximate surface area is 105 Å². The first-order valence-corrected chi connectivity index (χ1v) is 7.46. The van der Waals surface area contributed by atoms with Gasteiger partial charge in [0.2, 0.25) is 5.76 Å². The van der Waals surface area contributed by atoms with E-state index in [2.05, 4.69) is 0 Å². The number of nitrogens with zero attached hydrogens (tertiary/aromatic N) is 1. The number of aromatic carboxylic acids is 1. The van der Waals surface area contributed by atoms with E-state index in [1.165, 1.54) is 6.07 Å². The van der Waals surface area contributed by atoms with E-state index in [4.69, 9.17) is 9.52 Å². The Kier molecular flexibility index (Phi) is 3.45. The number of sulfone groups is 1. The Morgan fingerprint density at radius 1 is 1.56 bits per heavy atom. The maximum atomic E-state index is 11.4. The lowest BCUT2D eigenvalue weighted by atomic mass is 10.3. The third-order valence-corrected chi connectivity index (χ3v) is 4.83. The van der Waals surface area contributed by atoms with Crippen molar-refractivity contribution in [3.8, 4) is 0 Å². The number of rotatable bonds is 3. The van der Waals surface area contributed by atoms with Crippen LogP contribution in [-0.2, 0) is 16.4 Å². The van der Waals surface area contributed by atoms with Crippen molar-refractivity contribution < 1.29 is 22.7 Å². The van der Waals surface area contributed by atoms with E-state index in [9.17, 15) is 13.2 Å². The van der Waals surface area contributed by atoms with Crippen LogP contribution in [0.2, 0.25) is 0 Å². The van der Waals surface area contributed by atoms with Gasteiger partial charge in [0.15, 0.2) is 9.84 Å². The minimum absolute atomic E-state index is 0.0814. The highest BCUT2D eigenvalue weighted by molar-refractivity contribution is 7.91. The monoisotopic (exact) mass is 273 g/mol. The molecule has 1 aliphatic rings. The van der Waals surface area contributed by atoms with Crippen LogP contribution in [0, 0.1) is 0 Å². The maximum absolute atomic E-state index is 11.4. The second-order valence-corrected chi connectivity index (χ2v) is 6.73. The minimum Gasteiger partial charge on any atom is -0.475 e. The average molecular weight is 273 g/mol. The van der Waals surface area contributed by atoms with Crippen molar-refractivity contribution in [1.29, 1.82) is 0 Å². The molecule has 18 heavy (non-hydrogen) atoms. The van der Waals surface area contributed by atoms with Gasteiger partial charge in [-0.25, -0.2) is 13.2 Å². The Morgan fingerprint density at radius 2 is 2.28 bits per heavy atom. The molecule has 0 spiro atoms. The fraction of sp³-hybridized carbons (Fsp3) is 0.545. The third-order valence-electron chi connectivity index (χ3n) is 3.04. The van der Waals surface area contributed by atoms with Crippen molar-refractivity contribution >= 4 is 15.8 Å². The molecule has 1 aliphatic heterocycles. The van der Waals surface area contributed by atoms with Crippen molar-refractivity contribution in [1.82, 2.24) is 4.90 Å². The van der Waals surface area contributed by atoms with E-state index in [0.29, 0.717) is 18.8 Å². The van der Waals surface area contributed by atoms with Gasteiger partial charge in [-0.15, -0.1) is 0 Å². The van der Waals surface area contributed by atoms with Crippen LogP contribution in [0.3, 0.4) is 0 Å². The quantitative estimate of drug-likeness (QED) is 0.867. The minimum atomic E-state index is -2.93. The standard InChI is InChI=1S/C11H15NO5S/c1-8-7-18(15,16)5-4-12(8)6-9-2-3-10(17-9)11(13)14/h2-3,8H,4-7H2,1H3,(H,13,14). The molecule has 2 heterocycles. The first-order chi connectivity index (χ1) is 8.37. The molecule has 6 nitrogen and oxygen atoms in total. The zero-order valence-corrected chi connectivity index (χ0v) is 10.8. The second-order valence-electron chi connectivity index (χ2n) is 4.50. The molecule has 100 valence electrons. The van der Waals surface area contributed by atoms with E-state index in [-0.39, 0.29) is 23.3 Å². The number of carboxylic acid groups (broad SMARTS) is 1. The van der Waals surface area contributed by atoms with Crippen molar-refractivity contribution in [2.24, 2.45) is 0 Å². The van der Waals surface area contributed by atoms with Gasteiger partial charge in [0.25, 0.3) is 0 Å². The highest BCUT2D eigenvalue weighted by Crippen LogP contribution is 2.17. The largest absolute Gasteiger partial charge is 0.475 e. The fourth-order valence-electron chi connectivity index (χ4n) is 2.05. The molecule has 0 amide bonds. The van der Waals surface area contributed by atoms with Gasteiger partial charge in [-0.2, -0.15) is 0 Å².